The Bertz CT molecular complexity index is 623. The molecular weight excluding hydrogens is 276 g/mol. The fraction of sp³-hybridized carbons (Fsp3) is 0.214. The average Bonchev–Trinajstić information content (AvgIpc) is 2.89. The van der Waals surface area contributed by atoms with Crippen molar-refractivity contribution < 1.29 is 24.0 Å². The number of hydrogen-bond acceptors (Lipinski definition) is 5. The van der Waals surface area contributed by atoms with Gasteiger partial charge in [0.25, 0.3) is 11.8 Å². The minimum absolute atomic E-state index is 0.175. The molecule has 0 unspecified atom stereocenters. The molecule has 2 rings (SSSR count). The van der Waals surface area contributed by atoms with Gasteiger partial charge in [0, 0.05) is 6.07 Å². The van der Waals surface area contributed by atoms with Crippen molar-refractivity contribution in [3.8, 4) is 5.88 Å². The number of aromatic nitrogens is 1. The molecule has 0 aliphatic carbocycles. The Morgan fingerprint density at radius 3 is 2.67 bits per heavy atom. The number of benzene rings is 1. The summed E-state index contributed by atoms with van der Waals surface area (Å²) >= 11 is 0. The van der Waals surface area contributed by atoms with Crippen molar-refractivity contribution >= 4 is 11.9 Å². The number of carboxylic acid groups (broad SMARTS) is 1. The van der Waals surface area contributed by atoms with Crippen LogP contribution in [0.25, 0.3) is 0 Å². The molecule has 0 saturated carbocycles. The molecule has 1 aromatic carbocycles. The van der Waals surface area contributed by atoms with Crippen LogP contribution in [0.15, 0.2) is 40.9 Å². The molecule has 0 fully saturated rings. The van der Waals surface area contributed by atoms with Crippen LogP contribution in [0, 0.1) is 6.92 Å². The van der Waals surface area contributed by atoms with Crippen molar-refractivity contribution in [1.29, 1.82) is 0 Å². The molecule has 1 atom stereocenters. The Labute approximate surface area is 120 Å². The van der Waals surface area contributed by atoms with Gasteiger partial charge in [-0.1, -0.05) is 30.3 Å². The van der Waals surface area contributed by atoms with Crippen LogP contribution in [0.5, 0.6) is 5.88 Å². The fourth-order valence-corrected chi connectivity index (χ4v) is 1.69. The van der Waals surface area contributed by atoms with E-state index in [1.807, 2.05) is 0 Å². The van der Waals surface area contributed by atoms with E-state index in [0.29, 0.717) is 11.3 Å². The Morgan fingerprint density at radius 1 is 1.38 bits per heavy atom. The summed E-state index contributed by atoms with van der Waals surface area (Å²) < 4.78 is 9.88. The maximum absolute atomic E-state index is 11.8. The molecule has 21 heavy (non-hydrogen) atoms. The molecule has 2 aromatic rings. The van der Waals surface area contributed by atoms with E-state index in [4.69, 9.17) is 9.26 Å². The predicted molar refractivity (Wildman–Crippen MR) is 71.7 cm³/mol. The van der Waals surface area contributed by atoms with Crippen molar-refractivity contribution in [2.45, 2.75) is 13.0 Å². The van der Waals surface area contributed by atoms with E-state index >= 15 is 0 Å². The number of rotatable bonds is 6. The third kappa shape index (κ3) is 4.07. The first-order valence-corrected chi connectivity index (χ1v) is 6.19. The summed E-state index contributed by atoms with van der Waals surface area (Å²) in [5, 5.41) is 15.1. The summed E-state index contributed by atoms with van der Waals surface area (Å²) in [4.78, 5) is 23.0. The molecule has 0 radical (unpaired) electrons. The molecule has 0 saturated heterocycles. The predicted octanol–water partition coefficient (Wildman–Crippen LogP) is 1.30. The molecule has 7 heteroatoms. The molecule has 0 bridgehead atoms. The zero-order valence-electron chi connectivity index (χ0n) is 11.3. The van der Waals surface area contributed by atoms with Crippen LogP contribution < -0.4 is 10.1 Å². The Morgan fingerprint density at radius 2 is 2.10 bits per heavy atom. The van der Waals surface area contributed by atoms with E-state index in [9.17, 15) is 14.7 Å². The zero-order valence-corrected chi connectivity index (χ0v) is 11.3. The molecule has 1 aromatic heterocycles. The van der Waals surface area contributed by atoms with Crippen LogP contribution in [-0.2, 0) is 9.59 Å². The van der Waals surface area contributed by atoms with Gasteiger partial charge in [0.1, 0.15) is 5.76 Å². The SMILES string of the molecule is Cc1cc(OCC(=O)N[C@H](C(=O)O)c2ccccc2)no1. The lowest BCUT2D eigenvalue weighted by Gasteiger charge is -2.14. The second-order valence-corrected chi connectivity index (χ2v) is 4.31. The van der Waals surface area contributed by atoms with E-state index < -0.39 is 17.9 Å². The number of aryl methyl sites for hydroxylation is 1. The summed E-state index contributed by atoms with van der Waals surface area (Å²) in [6.07, 6.45) is 0. The van der Waals surface area contributed by atoms with E-state index in [1.165, 1.54) is 6.07 Å². The lowest BCUT2D eigenvalue weighted by atomic mass is 10.1. The molecule has 1 heterocycles. The first-order valence-electron chi connectivity index (χ1n) is 6.19. The van der Waals surface area contributed by atoms with Crippen molar-refractivity contribution in [1.82, 2.24) is 10.5 Å². The van der Waals surface area contributed by atoms with Gasteiger partial charge in [-0.05, 0) is 17.6 Å². The van der Waals surface area contributed by atoms with Gasteiger partial charge in [-0.3, -0.25) is 4.79 Å². The fourth-order valence-electron chi connectivity index (χ4n) is 1.69. The van der Waals surface area contributed by atoms with Crippen LogP contribution >= 0.6 is 0 Å². The summed E-state index contributed by atoms with van der Waals surface area (Å²) in [6, 6.07) is 8.82. The smallest absolute Gasteiger partial charge is 0.330 e. The maximum Gasteiger partial charge on any atom is 0.330 e. The third-order valence-electron chi connectivity index (χ3n) is 2.64. The monoisotopic (exact) mass is 290 g/mol. The van der Waals surface area contributed by atoms with Crippen molar-refractivity contribution in [3.63, 3.8) is 0 Å². The second kappa shape index (κ2) is 6.56. The number of carbonyl (C=O) groups excluding carboxylic acids is 1. The minimum atomic E-state index is -1.15. The van der Waals surface area contributed by atoms with Gasteiger partial charge in [0.15, 0.2) is 12.6 Å². The highest BCUT2D eigenvalue weighted by molar-refractivity contribution is 5.85. The van der Waals surface area contributed by atoms with Gasteiger partial charge in [-0.15, -0.1) is 0 Å². The number of carbonyl (C=O) groups is 2. The van der Waals surface area contributed by atoms with E-state index in [1.54, 1.807) is 37.3 Å². The number of ether oxygens (including phenoxy) is 1. The molecule has 0 aliphatic heterocycles. The van der Waals surface area contributed by atoms with Crippen LogP contribution in [0.4, 0.5) is 0 Å². The van der Waals surface area contributed by atoms with Gasteiger partial charge in [-0.25, -0.2) is 4.79 Å². The summed E-state index contributed by atoms with van der Waals surface area (Å²) in [5.41, 5.74) is 0.482. The molecule has 110 valence electrons. The topological polar surface area (TPSA) is 102 Å². The highest BCUT2D eigenvalue weighted by Crippen LogP contribution is 2.13. The Hall–Kier alpha value is -2.83. The Kier molecular flexibility index (Phi) is 4.55. The van der Waals surface area contributed by atoms with Crippen molar-refractivity contribution in [3.05, 3.63) is 47.7 Å². The maximum atomic E-state index is 11.8. The number of carboxylic acids is 1. The van der Waals surface area contributed by atoms with Crippen LogP contribution in [0.2, 0.25) is 0 Å². The molecule has 1 amide bonds. The Balaban J connectivity index is 1.94. The minimum Gasteiger partial charge on any atom is -0.479 e. The molecule has 0 spiro atoms. The quantitative estimate of drug-likeness (QED) is 0.831. The van der Waals surface area contributed by atoms with Gasteiger partial charge in [0.2, 0.25) is 0 Å². The summed E-state index contributed by atoms with van der Waals surface area (Å²) in [5.74, 6) is -0.980. The average molecular weight is 290 g/mol. The van der Waals surface area contributed by atoms with Gasteiger partial charge >= 0.3 is 5.97 Å². The lowest BCUT2D eigenvalue weighted by Crippen LogP contribution is -2.36. The van der Waals surface area contributed by atoms with Crippen LogP contribution in [-0.4, -0.2) is 28.7 Å². The van der Waals surface area contributed by atoms with E-state index in [2.05, 4.69) is 10.5 Å². The third-order valence-corrected chi connectivity index (χ3v) is 2.64. The van der Waals surface area contributed by atoms with Crippen LogP contribution in [0.1, 0.15) is 17.4 Å². The normalized spacial score (nSPS) is 11.7. The largest absolute Gasteiger partial charge is 0.479 e. The highest BCUT2D eigenvalue weighted by atomic mass is 16.5. The van der Waals surface area contributed by atoms with E-state index in [0.717, 1.165) is 0 Å². The summed E-state index contributed by atoms with van der Waals surface area (Å²) in [7, 11) is 0. The van der Waals surface area contributed by atoms with Gasteiger partial charge < -0.3 is 19.7 Å². The number of hydrogen-bond donors (Lipinski definition) is 2. The molecule has 7 nitrogen and oxygen atoms in total. The standard InChI is InChI=1S/C14H14N2O5/c1-9-7-12(16-21-9)20-8-11(17)15-13(14(18)19)10-5-3-2-4-6-10/h2-7,13H,8H2,1H3,(H,15,17)(H,18,19)/t13-/m0/s1. The number of amides is 1. The van der Waals surface area contributed by atoms with Crippen molar-refractivity contribution in [2.75, 3.05) is 6.61 Å². The number of aliphatic carboxylic acids is 1. The van der Waals surface area contributed by atoms with E-state index in [-0.39, 0.29) is 12.5 Å². The molecule has 2 N–H and O–H groups in total. The summed E-state index contributed by atoms with van der Waals surface area (Å²) in [6.45, 7) is 1.35. The highest BCUT2D eigenvalue weighted by Gasteiger charge is 2.22. The number of nitrogens with zero attached hydrogens (tertiary/aromatic N) is 1. The first-order chi connectivity index (χ1) is 10.1. The van der Waals surface area contributed by atoms with Gasteiger partial charge in [-0.2, -0.15) is 0 Å². The van der Waals surface area contributed by atoms with Crippen LogP contribution in [0.3, 0.4) is 0 Å². The first kappa shape index (κ1) is 14.6. The molecular formula is C14H14N2O5. The zero-order chi connectivity index (χ0) is 15.2. The lowest BCUT2D eigenvalue weighted by molar-refractivity contribution is -0.142. The number of nitrogens with one attached hydrogen (secondary N) is 1. The van der Waals surface area contributed by atoms with Crippen molar-refractivity contribution in [2.24, 2.45) is 0 Å². The molecule has 0 aliphatic rings. The second-order valence-electron chi connectivity index (χ2n) is 4.31. The van der Waals surface area contributed by atoms with Gasteiger partial charge in [0.05, 0.1) is 0 Å².